The minimum absolute atomic E-state index is 0.0265. The average Bonchev–Trinajstić information content (AvgIpc) is 3.13. The minimum Gasteiger partial charge on any atom is -0.377 e. The average molecular weight is 383 g/mol. The van der Waals surface area contributed by atoms with Crippen molar-refractivity contribution in [1.82, 2.24) is 4.31 Å². The molecular formula is C17H25N3O5S. The zero-order valence-electron chi connectivity index (χ0n) is 14.9. The number of ether oxygens (including phenoxy) is 1. The van der Waals surface area contributed by atoms with Gasteiger partial charge in [0.1, 0.15) is 5.69 Å². The molecule has 1 N–H and O–H groups in total. The maximum atomic E-state index is 12.8. The Labute approximate surface area is 153 Å². The summed E-state index contributed by atoms with van der Waals surface area (Å²) in [6.45, 7) is 4.19. The Hall–Kier alpha value is -1.71. The molecule has 0 saturated carbocycles. The van der Waals surface area contributed by atoms with Gasteiger partial charge in [0.15, 0.2) is 0 Å². The lowest BCUT2D eigenvalue weighted by Crippen LogP contribution is -2.37. The standard InChI is InChI=1S/C17H25N3O5S/c1-13-6-8-19(9-7-13)26(23,24)15-4-5-16(17(11-15)20(21)22)18-12-14-3-2-10-25-14/h4-5,11,13-14,18H,2-3,6-10,12H2,1H3/t14-/m0/s1. The van der Waals surface area contributed by atoms with Gasteiger partial charge in [-0.2, -0.15) is 4.31 Å². The number of anilines is 1. The highest BCUT2D eigenvalue weighted by Gasteiger charge is 2.30. The Balaban J connectivity index is 1.79. The molecule has 0 aromatic heterocycles. The lowest BCUT2D eigenvalue weighted by atomic mass is 10.0. The van der Waals surface area contributed by atoms with Gasteiger partial charge in [-0.1, -0.05) is 6.92 Å². The van der Waals surface area contributed by atoms with Gasteiger partial charge in [0, 0.05) is 32.3 Å². The molecular weight excluding hydrogens is 358 g/mol. The smallest absolute Gasteiger partial charge is 0.293 e. The fourth-order valence-corrected chi connectivity index (χ4v) is 4.87. The fraction of sp³-hybridized carbons (Fsp3) is 0.647. The molecule has 2 fully saturated rings. The summed E-state index contributed by atoms with van der Waals surface area (Å²) in [5, 5.41) is 14.5. The third-order valence-corrected chi connectivity index (χ3v) is 6.99. The van der Waals surface area contributed by atoms with Gasteiger partial charge in [0.25, 0.3) is 5.69 Å². The van der Waals surface area contributed by atoms with E-state index in [2.05, 4.69) is 12.2 Å². The summed E-state index contributed by atoms with van der Waals surface area (Å²) in [4.78, 5) is 10.9. The second-order valence-electron chi connectivity index (χ2n) is 7.04. The number of sulfonamides is 1. The van der Waals surface area contributed by atoms with E-state index < -0.39 is 14.9 Å². The zero-order valence-corrected chi connectivity index (χ0v) is 15.7. The summed E-state index contributed by atoms with van der Waals surface area (Å²) in [7, 11) is -3.71. The summed E-state index contributed by atoms with van der Waals surface area (Å²) >= 11 is 0. The maximum Gasteiger partial charge on any atom is 0.293 e. The molecule has 1 aromatic carbocycles. The predicted octanol–water partition coefficient (Wildman–Crippen LogP) is 2.61. The first-order valence-electron chi connectivity index (χ1n) is 9.02. The first kappa shape index (κ1) is 19.1. The maximum absolute atomic E-state index is 12.8. The predicted molar refractivity (Wildman–Crippen MR) is 97.7 cm³/mol. The molecule has 0 bridgehead atoms. The Morgan fingerprint density at radius 3 is 2.65 bits per heavy atom. The van der Waals surface area contributed by atoms with Gasteiger partial charge in [-0.25, -0.2) is 8.42 Å². The molecule has 2 aliphatic rings. The van der Waals surface area contributed by atoms with Crippen molar-refractivity contribution in [3.8, 4) is 0 Å². The van der Waals surface area contributed by atoms with E-state index in [9.17, 15) is 18.5 Å². The van der Waals surface area contributed by atoms with Crippen LogP contribution in [-0.2, 0) is 14.8 Å². The van der Waals surface area contributed by atoms with Crippen LogP contribution in [0.3, 0.4) is 0 Å². The number of rotatable bonds is 6. The molecule has 3 rings (SSSR count). The number of benzene rings is 1. The van der Waals surface area contributed by atoms with Crippen molar-refractivity contribution in [3.63, 3.8) is 0 Å². The van der Waals surface area contributed by atoms with Crippen LogP contribution in [0.1, 0.15) is 32.6 Å². The Morgan fingerprint density at radius 2 is 2.04 bits per heavy atom. The molecule has 0 spiro atoms. The quantitative estimate of drug-likeness (QED) is 0.598. The van der Waals surface area contributed by atoms with Crippen LogP contribution in [0.2, 0.25) is 0 Å². The van der Waals surface area contributed by atoms with E-state index in [1.807, 2.05) is 0 Å². The largest absolute Gasteiger partial charge is 0.377 e. The van der Waals surface area contributed by atoms with Crippen LogP contribution in [-0.4, -0.2) is 50.0 Å². The third kappa shape index (κ3) is 4.16. The molecule has 2 aliphatic heterocycles. The van der Waals surface area contributed by atoms with E-state index in [1.54, 1.807) is 0 Å². The van der Waals surface area contributed by atoms with Crippen molar-refractivity contribution in [2.45, 2.75) is 43.6 Å². The summed E-state index contributed by atoms with van der Waals surface area (Å²) in [5.41, 5.74) is 0.0890. The van der Waals surface area contributed by atoms with Crippen molar-refractivity contribution < 1.29 is 18.1 Å². The zero-order chi connectivity index (χ0) is 18.7. The van der Waals surface area contributed by atoms with Crippen LogP contribution in [0, 0.1) is 16.0 Å². The van der Waals surface area contributed by atoms with Gasteiger partial charge in [-0.05, 0) is 43.7 Å². The van der Waals surface area contributed by atoms with E-state index >= 15 is 0 Å². The third-order valence-electron chi connectivity index (χ3n) is 5.09. The molecule has 1 atom stereocenters. The van der Waals surface area contributed by atoms with Crippen LogP contribution in [0.25, 0.3) is 0 Å². The molecule has 2 heterocycles. The van der Waals surface area contributed by atoms with Crippen molar-refractivity contribution in [2.24, 2.45) is 5.92 Å². The monoisotopic (exact) mass is 383 g/mol. The van der Waals surface area contributed by atoms with Crippen molar-refractivity contribution in [2.75, 3.05) is 31.6 Å². The number of hydrogen-bond acceptors (Lipinski definition) is 6. The Morgan fingerprint density at radius 1 is 1.31 bits per heavy atom. The molecule has 0 aliphatic carbocycles. The minimum atomic E-state index is -3.71. The van der Waals surface area contributed by atoms with Crippen molar-refractivity contribution >= 4 is 21.4 Å². The molecule has 1 aromatic rings. The van der Waals surface area contributed by atoms with Gasteiger partial charge in [-0.3, -0.25) is 10.1 Å². The van der Waals surface area contributed by atoms with Crippen molar-refractivity contribution in [3.05, 3.63) is 28.3 Å². The second kappa shape index (κ2) is 7.89. The SMILES string of the molecule is CC1CCN(S(=O)(=O)c2ccc(NC[C@@H]3CCCO3)c([N+](=O)[O-])c2)CC1. The molecule has 144 valence electrons. The number of nitrogens with zero attached hydrogens (tertiary/aromatic N) is 2. The molecule has 0 radical (unpaired) electrons. The van der Waals surface area contributed by atoms with Gasteiger partial charge >= 0.3 is 0 Å². The molecule has 0 unspecified atom stereocenters. The fourth-order valence-electron chi connectivity index (χ4n) is 3.38. The van der Waals surface area contributed by atoms with Crippen LogP contribution < -0.4 is 5.32 Å². The van der Waals surface area contributed by atoms with E-state index in [0.717, 1.165) is 31.7 Å². The van der Waals surface area contributed by atoms with Crippen LogP contribution >= 0.6 is 0 Å². The summed E-state index contributed by atoms with van der Waals surface area (Å²) < 4.78 is 32.5. The number of nitro benzene ring substituents is 1. The van der Waals surface area contributed by atoms with Crippen molar-refractivity contribution in [1.29, 1.82) is 0 Å². The summed E-state index contributed by atoms with van der Waals surface area (Å²) in [6.07, 6.45) is 3.55. The van der Waals surface area contributed by atoms with Gasteiger partial charge in [0.05, 0.1) is 15.9 Å². The van der Waals surface area contributed by atoms with Gasteiger partial charge < -0.3 is 10.1 Å². The topological polar surface area (TPSA) is 102 Å². The highest BCUT2D eigenvalue weighted by Crippen LogP contribution is 2.31. The first-order chi connectivity index (χ1) is 12.4. The highest BCUT2D eigenvalue weighted by molar-refractivity contribution is 7.89. The number of nitro groups is 1. The number of piperidine rings is 1. The summed E-state index contributed by atoms with van der Waals surface area (Å²) in [6, 6.07) is 4.08. The van der Waals surface area contributed by atoms with E-state index in [1.165, 1.54) is 16.4 Å². The van der Waals surface area contributed by atoms with Gasteiger partial charge in [0.2, 0.25) is 10.0 Å². The number of hydrogen-bond donors (Lipinski definition) is 1. The highest BCUT2D eigenvalue weighted by atomic mass is 32.2. The normalized spacial score (nSPS) is 22.4. The van der Waals surface area contributed by atoms with Gasteiger partial charge in [-0.15, -0.1) is 0 Å². The molecule has 2 saturated heterocycles. The molecule has 0 amide bonds. The first-order valence-corrected chi connectivity index (χ1v) is 10.5. The molecule has 9 heteroatoms. The van der Waals surface area contributed by atoms with E-state index in [0.29, 0.717) is 37.8 Å². The Kier molecular flexibility index (Phi) is 5.79. The summed E-state index contributed by atoms with van der Waals surface area (Å²) in [5.74, 6) is 0.500. The molecule has 26 heavy (non-hydrogen) atoms. The van der Waals surface area contributed by atoms with E-state index in [-0.39, 0.29) is 16.7 Å². The van der Waals surface area contributed by atoms with Crippen LogP contribution in [0.15, 0.2) is 23.1 Å². The van der Waals surface area contributed by atoms with E-state index in [4.69, 9.17) is 4.74 Å². The van der Waals surface area contributed by atoms with Crippen LogP contribution in [0.4, 0.5) is 11.4 Å². The Bertz CT molecular complexity index is 754. The molecule has 8 nitrogen and oxygen atoms in total. The number of nitrogens with one attached hydrogen (secondary N) is 1. The van der Waals surface area contributed by atoms with Crippen LogP contribution in [0.5, 0.6) is 0 Å². The lowest BCUT2D eigenvalue weighted by molar-refractivity contribution is -0.384. The lowest BCUT2D eigenvalue weighted by Gasteiger charge is -2.29. The second-order valence-corrected chi connectivity index (χ2v) is 8.98.